The van der Waals surface area contributed by atoms with Crippen LogP contribution in [0.2, 0.25) is 0 Å². The Balaban J connectivity index is 2.26. The normalized spacial score (nSPS) is 18.6. The van der Waals surface area contributed by atoms with Crippen molar-refractivity contribution in [2.24, 2.45) is 0 Å². The topological polar surface area (TPSA) is 65.1 Å². The number of sulfonamides is 1. The van der Waals surface area contributed by atoms with Gasteiger partial charge in [0.2, 0.25) is 10.0 Å². The van der Waals surface area contributed by atoms with Crippen LogP contribution in [0.25, 0.3) is 0 Å². The van der Waals surface area contributed by atoms with E-state index in [2.05, 4.69) is 0 Å². The molecule has 0 aliphatic carbocycles. The number of methoxy groups -OCH3 is 2. The van der Waals surface area contributed by atoms with E-state index in [-0.39, 0.29) is 11.0 Å². The lowest BCUT2D eigenvalue weighted by molar-refractivity contribution is 0.0947. The van der Waals surface area contributed by atoms with Crippen molar-refractivity contribution in [3.8, 4) is 11.5 Å². The molecule has 1 heterocycles. The summed E-state index contributed by atoms with van der Waals surface area (Å²) < 4.78 is 42.9. The molecule has 1 aliphatic heterocycles. The van der Waals surface area contributed by atoms with Crippen LogP contribution in [-0.2, 0) is 14.8 Å². The summed E-state index contributed by atoms with van der Waals surface area (Å²) in [6.45, 7) is 3.32. The van der Waals surface area contributed by atoms with Crippen molar-refractivity contribution in [1.29, 1.82) is 0 Å². The van der Waals surface area contributed by atoms with E-state index < -0.39 is 10.0 Å². The third-order valence-corrected chi connectivity index (χ3v) is 5.71. The van der Waals surface area contributed by atoms with Crippen LogP contribution in [0.15, 0.2) is 23.1 Å². The van der Waals surface area contributed by atoms with E-state index in [9.17, 15) is 8.42 Å². The molecule has 0 aromatic heterocycles. The van der Waals surface area contributed by atoms with Gasteiger partial charge in [-0.25, -0.2) is 8.42 Å². The Bertz CT molecular complexity index is 596. The van der Waals surface area contributed by atoms with Gasteiger partial charge >= 0.3 is 0 Å². The van der Waals surface area contributed by atoms with E-state index in [1.165, 1.54) is 30.7 Å². The molecular formula is C15H23NO5S. The standard InChI is InChI=1S/C15H23NO5S/c1-4-16(11-12-6-5-9-21-12)22(17,18)13-7-8-14(19-2)15(10-13)20-3/h7-8,10,12H,4-6,9,11H2,1-3H3. The number of ether oxygens (including phenoxy) is 3. The van der Waals surface area contributed by atoms with Crippen LogP contribution in [0.1, 0.15) is 19.8 Å². The Morgan fingerprint density at radius 2 is 2.00 bits per heavy atom. The van der Waals surface area contributed by atoms with E-state index in [1.54, 1.807) is 6.07 Å². The Hall–Kier alpha value is -1.31. The second-order valence-corrected chi connectivity index (χ2v) is 7.05. The van der Waals surface area contributed by atoms with Gasteiger partial charge in [0.15, 0.2) is 11.5 Å². The van der Waals surface area contributed by atoms with E-state index in [4.69, 9.17) is 14.2 Å². The molecule has 1 saturated heterocycles. The molecule has 1 unspecified atom stereocenters. The molecule has 1 atom stereocenters. The molecule has 1 aromatic rings. The van der Waals surface area contributed by atoms with Gasteiger partial charge in [-0.2, -0.15) is 4.31 Å². The average Bonchev–Trinajstić information content (AvgIpc) is 3.04. The van der Waals surface area contributed by atoms with Crippen LogP contribution in [-0.4, -0.2) is 52.7 Å². The number of hydrogen-bond donors (Lipinski definition) is 0. The van der Waals surface area contributed by atoms with Gasteiger partial charge in [0.25, 0.3) is 0 Å². The van der Waals surface area contributed by atoms with E-state index >= 15 is 0 Å². The van der Waals surface area contributed by atoms with Gasteiger partial charge in [0.1, 0.15) is 0 Å². The van der Waals surface area contributed by atoms with Crippen molar-refractivity contribution in [3.05, 3.63) is 18.2 Å². The molecule has 0 spiro atoms. The molecule has 124 valence electrons. The van der Waals surface area contributed by atoms with Crippen LogP contribution >= 0.6 is 0 Å². The van der Waals surface area contributed by atoms with Gasteiger partial charge in [-0.15, -0.1) is 0 Å². The fraction of sp³-hybridized carbons (Fsp3) is 0.600. The summed E-state index contributed by atoms with van der Waals surface area (Å²) in [5, 5.41) is 0. The molecule has 7 heteroatoms. The largest absolute Gasteiger partial charge is 0.493 e. The van der Waals surface area contributed by atoms with E-state index in [1.807, 2.05) is 6.92 Å². The summed E-state index contributed by atoms with van der Waals surface area (Å²) in [5.41, 5.74) is 0. The Kier molecular flexibility index (Phi) is 5.66. The van der Waals surface area contributed by atoms with Gasteiger partial charge < -0.3 is 14.2 Å². The van der Waals surface area contributed by atoms with E-state index in [0.717, 1.165) is 12.8 Å². The lowest BCUT2D eigenvalue weighted by Gasteiger charge is -2.23. The summed E-state index contributed by atoms with van der Waals surface area (Å²) in [4.78, 5) is 0.199. The molecule has 0 radical (unpaired) electrons. The highest BCUT2D eigenvalue weighted by Gasteiger charge is 2.28. The minimum atomic E-state index is -3.58. The highest BCUT2D eigenvalue weighted by atomic mass is 32.2. The minimum Gasteiger partial charge on any atom is -0.493 e. The maximum Gasteiger partial charge on any atom is 0.243 e. The maximum absolute atomic E-state index is 12.8. The first kappa shape index (κ1) is 17.1. The summed E-state index contributed by atoms with van der Waals surface area (Å²) in [7, 11) is -0.578. The first-order chi connectivity index (χ1) is 10.5. The van der Waals surface area contributed by atoms with Crippen LogP contribution in [0.4, 0.5) is 0 Å². The van der Waals surface area contributed by atoms with Crippen LogP contribution in [0.3, 0.4) is 0 Å². The molecule has 1 fully saturated rings. The van der Waals surface area contributed by atoms with Crippen LogP contribution < -0.4 is 9.47 Å². The highest BCUT2D eigenvalue weighted by molar-refractivity contribution is 7.89. The molecule has 6 nitrogen and oxygen atoms in total. The molecule has 0 amide bonds. The average molecular weight is 329 g/mol. The van der Waals surface area contributed by atoms with Gasteiger partial charge in [0.05, 0.1) is 25.2 Å². The molecule has 1 aromatic carbocycles. The molecule has 0 N–H and O–H groups in total. The van der Waals surface area contributed by atoms with Crippen molar-refractivity contribution in [2.45, 2.75) is 30.8 Å². The van der Waals surface area contributed by atoms with Crippen molar-refractivity contribution in [1.82, 2.24) is 4.31 Å². The SMILES string of the molecule is CCN(CC1CCCO1)S(=O)(=O)c1ccc(OC)c(OC)c1. The molecule has 0 bridgehead atoms. The lowest BCUT2D eigenvalue weighted by atomic mass is 10.2. The summed E-state index contributed by atoms with van der Waals surface area (Å²) in [6, 6.07) is 4.63. The fourth-order valence-electron chi connectivity index (χ4n) is 2.54. The minimum absolute atomic E-state index is 0.0186. The Labute approximate surface area is 132 Å². The van der Waals surface area contributed by atoms with Gasteiger partial charge in [-0.3, -0.25) is 0 Å². The Morgan fingerprint density at radius 3 is 2.55 bits per heavy atom. The number of likely N-dealkylation sites (N-methyl/N-ethyl adjacent to an activating group) is 1. The molecule has 1 aliphatic rings. The molecular weight excluding hydrogens is 306 g/mol. The molecule has 22 heavy (non-hydrogen) atoms. The lowest BCUT2D eigenvalue weighted by Crippen LogP contribution is -2.37. The second-order valence-electron chi connectivity index (χ2n) is 5.11. The van der Waals surface area contributed by atoms with Crippen molar-refractivity contribution in [2.75, 3.05) is 33.9 Å². The van der Waals surface area contributed by atoms with Crippen LogP contribution in [0.5, 0.6) is 11.5 Å². The van der Waals surface area contributed by atoms with E-state index in [0.29, 0.717) is 31.2 Å². The van der Waals surface area contributed by atoms with Gasteiger partial charge in [0, 0.05) is 25.8 Å². The first-order valence-electron chi connectivity index (χ1n) is 7.36. The fourth-order valence-corrected chi connectivity index (χ4v) is 4.04. The second kappa shape index (κ2) is 7.30. The zero-order chi connectivity index (χ0) is 16.2. The highest BCUT2D eigenvalue weighted by Crippen LogP contribution is 2.31. The van der Waals surface area contributed by atoms with Gasteiger partial charge in [-0.05, 0) is 25.0 Å². The van der Waals surface area contributed by atoms with Crippen molar-refractivity contribution in [3.63, 3.8) is 0 Å². The zero-order valence-electron chi connectivity index (χ0n) is 13.2. The first-order valence-corrected chi connectivity index (χ1v) is 8.80. The van der Waals surface area contributed by atoms with Crippen LogP contribution in [0, 0.1) is 0 Å². The summed E-state index contributed by atoms with van der Waals surface area (Å²) >= 11 is 0. The Morgan fingerprint density at radius 1 is 1.27 bits per heavy atom. The monoisotopic (exact) mass is 329 g/mol. The van der Waals surface area contributed by atoms with Crippen molar-refractivity contribution >= 4 is 10.0 Å². The number of nitrogens with zero attached hydrogens (tertiary/aromatic N) is 1. The predicted molar refractivity (Wildman–Crippen MR) is 83.0 cm³/mol. The predicted octanol–water partition coefficient (Wildman–Crippen LogP) is 1.89. The quantitative estimate of drug-likeness (QED) is 0.764. The summed E-state index contributed by atoms with van der Waals surface area (Å²) in [5.74, 6) is 0.903. The van der Waals surface area contributed by atoms with Gasteiger partial charge in [-0.1, -0.05) is 6.92 Å². The smallest absolute Gasteiger partial charge is 0.243 e. The number of rotatable bonds is 7. The van der Waals surface area contributed by atoms with Crippen molar-refractivity contribution < 1.29 is 22.6 Å². The number of benzene rings is 1. The zero-order valence-corrected chi connectivity index (χ0v) is 14.1. The maximum atomic E-state index is 12.8. The third-order valence-electron chi connectivity index (χ3n) is 3.78. The summed E-state index contributed by atoms with van der Waals surface area (Å²) in [6.07, 6.45) is 1.87. The third kappa shape index (κ3) is 3.53. The molecule has 2 rings (SSSR count). The number of hydrogen-bond acceptors (Lipinski definition) is 5. The molecule has 0 saturated carbocycles.